The summed E-state index contributed by atoms with van der Waals surface area (Å²) in [4.78, 5) is 32.7. The Kier molecular flexibility index (Phi) is 9.73. The SMILES string of the molecule is CC(C)C(C)(N=NC(C)(C(=O)O)C(C)C)C(=O)O.CCC(C)(C)C(=O)O. The van der Waals surface area contributed by atoms with Crippen LogP contribution in [0.4, 0.5) is 0 Å². The zero-order valence-electron chi connectivity index (χ0n) is 17.3. The summed E-state index contributed by atoms with van der Waals surface area (Å²) in [6.07, 6.45) is 0.683. The lowest BCUT2D eigenvalue weighted by atomic mass is 9.88. The molecule has 0 aromatic rings. The van der Waals surface area contributed by atoms with Gasteiger partial charge in [0.1, 0.15) is 0 Å². The highest BCUT2D eigenvalue weighted by Crippen LogP contribution is 2.28. The van der Waals surface area contributed by atoms with Gasteiger partial charge in [0.05, 0.1) is 5.41 Å². The first-order valence-corrected chi connectivity index (χ1v) is 8.63. The van der Waals surface area contributed by atoms with E-state index in [4.69, 9.17) is 5.11 Å². The molecule has 0 rings (SSSR count). The van der Waals surface area contributed by atoms with Gasteiger partial charge in [-0.25, -0.2) is 9.59 Å². The van der Waals surface area contributed by atoms with E-state index in [1.807, 2.05) is 6.92 Å². The van der Waals surface area contributed by atoms with Crippen LogP contribution >= 0.6 is 0 Å². The van der Waals surface area contributed by atoms with Gasteiger partial charge >= 0.3 is 17.9 Å². The maximum absolute atomic E-state index is 11.2. The van der Waals surface area contributed by atoms with E-state index in [2.05, 4.69) is 10.2 Å². The molecule has 2 atom stereocenters. The van der Waals surface area contributed by atoms with E-state index in [1.165, 1.54) is 13.8 Å². The third kappa shape index (κ3) is 6.72. The van der Waals surface area contributed by atoms with Gasteiger partial charge < -0.3 is 15.3 Å². The molecule has 0 bridgehead atoms. The van der Waals surface area contributed by atoms with Gasteiger partial charge in [0, 0.05) is 0 Å². The minimum absolute atomic E-state index is 0.288. The zero-order chi connectivity index (χ0) is 21.5. The molecule has 0 aromatic heterocycles. The molecule has 0 saturated carbocycles. The Morgan fingerprint density at radius 3 is 1.08 bits per heavy atom. The fourth-order valence-electron chi connectivity index (χ4n) is 1.17. The average molecular weight is 374 g/mol. The van der Waals surface area contributed by atoms with Crippen LogP contribution in [0.5, 0.6) is 0 Å². The molecule has 26 heavy (non-hydrogen) atoms. The third-order valence-corrected chi connectivity index (χ3v) is 5.04. The van der Waals surface area contributed by atoms with Crippen molar-refractivity contribution in [2.45, 2.75) is 79.8 Å². The molecule has 0 aromatic carbocycles. The lowest BCUT2D eigenvalue weighted by molar-refractivity contribution is -0.147. The Labute approximate surface area is 155 Å². The van der Waals surface area contributed by atoms with Crippen molar-refractivity contribution in [1.82, 2.24) is 0 Å². The van der Waals surface area contributed by atoms with Crippen LogP contribution in [-0.2, 0) is 14.4 Å². The number of rotatable bonds is 8. The maximum atomic E-state index is 11.2. The first-order chi connectivity index (χ1) is 11.5. The van der Waals surface area contributed by atoms with Crippen LogP contribution in [0.25, 0.3) is 0 Å². The van der Waals surface area contributed by atoms with Gasteiger partial charge in [-0.05, 0) is 46.0 Å². The second kappa shape index (κ2) is 9.64. The summed E-state index contributed by atoms with van der Waals surface area (Å²) in [5.41, 5.74) is -3.36. The zero-order valence-corrected chi connectivity index (χ0v) is 17.3. The van der Waals surface area contributed by atoms with Crippen molar-refractivity contribution in [3.63, 3.8) is 0 Å². The largest absolute Gasteiger partial charge is 0.481 e. The molecular weight excluding hydrogens is 340 g/mol. The second-order valence-electron chi connectivity index (χ2n) is 7.96. The Balaban J connectivity index is 0. The molecule has 0 radical (unpaired) electrons. The lowest BCUT2D eigenvalue weighted by Gasteiger charge is -2.27. The second-order valence-corrected chi connectivity index (χ2v) is 7.96. The normalized spacial score (nSPS) is 16.6. The minimum atomic E-state index is -1.41. The summed E-state index contributed by atoms with van der Waals surface area (Å²) < 4.78 is 0. The molecule has 8 nitrogen and oxygen atoms in total. The molecule has 0 heterocycles. The number of carboxylic acids is 3. The molecule has 0 spiro atoms. The molecule has 0 aliphatic rings. The number of hydrogen-bond acceptors (Lipinski definition) is 5. The van der Waals surface area contributed by atoms with Crippen molar-refractivity contribution in [2.75, 3.05) is 0 Å². The quantitative estimate of drug-likeness (QED) is 0.550. The van der Waals surface area contributed by atoms with Gasteiger partial charge in [-0.2, -0.15) is 10.2 Å². The molecule has 8 heteroatoms. The van der Waals surface area contributed by atoms with E-state index in [1.54, 1.807) is 41.5 Å². The maximum Gasteiger partial charge on any atom is 0.333 e. The predicted molar refractivity (Wildman–Crippen MR) is 98.3 cm³/mol. The summed E-state index contributed by atoms with van der Waals surface area (Å²) in [6.45, 7) is 15.0. The van der Waals surface area contributed by atoms with E-state index in [0.717, 1.165) is 0 Å². The number of nitrogens with zero attached hydrogens (tertiary/aromatic N) is 2. The van der Waals surface area contributed by atoms with Crippen LogP contribution < -0.4 is 0 Å². The van der Waals surface area contributed by atoms with E-state index >= 15 is 0 Å². The van der Waals surface area contributed by atoms with Crippen molar-refractivity contribution in [1.29, 1.82) is 0 Å². The van der Waals surface area contributed by atoms with E-state index in [-0.39, 0.29) is 11.8 Å². The minimum Gasteiger partial charge on any atom is -0.481 e. The molecule has 0 aliphatic heterocycles. The fraction of sp³-hybridized carbons (Fsp3) is 0.833. The average Bonchev–Trinajstić information content (AvgIpc) is 2.51. The summed E-state index contributed by atoms with van der Waals surface area (Å²) in [5.74, 6) is -3.52. The smallest absolute Gasteiger partial charge is 0.333 e. The van der Waals surface area contributed by atoms with Gasteiger partial charge in [0.25, 0.3) is 0 Å². The number of hydrogen-bond donors (Lipinski definition) is 3. The molecule has 2 unspecified atom stereocenters. The van der Waals surface area contributed by atoms with Gasteiger partial charge in [-0.1, -0.05) is 34.6 Å². The van der Waals surface area contributed by atoms with Crippen LogP contribution in [-0.4, -0.2) is 44.3 Å². The molecule has 152 valence electrons. The standard InChI is InChI=1S/C12H22N2O4.C6H12O2/c1-7(2)11(5,9(15)16)13-14-12(6,8(3)4)10(17)18;1-4-6(2,3)5(7)8/h7-8H,1-6H3,(H,15,16)(H,17,18);4H2,1-3H3,(H,7,8). The molecule has 0 fully saturated rings. The van der Waals surface area contributed by atoms with Crippen LogP contribution in [0.1, 0.15) is 68.7 Å². The Morgan fingerprint density at radius 1 is 0.731 bits per heavy atom. The van der Waals surface area contributed by atoms with Gasteiger partial charge in [-0.15, -0.1) is 0 Å². The van der Waals surface area contributed by atoms with Crippen molar-refractivity contribution in [3.8, 4) is 0 Å². The summed E-state index contributed by atoms with van der Waals surface area (Å²) in [7, 11) is 0. The highest BCUT2D eigenvalue weighted by Gasteiger charge is 2.41. The van der Waals surface area contributed by atoms with Crippen LogP contribution in [0.15, 0.2) is 10.2 Å². The topological polar surface area (TPSA) is 137 Å². The Bertz CT molecular complexity index is 508. The molecule has 0 amide bonds. The van der Waals surface area contributed by atoms with E-state index in [0.29, 0.717) is 6.42 Å². The summed E-state index contributed by atoms with van der Waals surface area (Å²) in [6, 6.07) is 0. The predicted octanol–water partition coefficient (Wildman–Crippen LogP) is 3.94. The Morgan fingerprint density at radius 2 is 1.00 bits per heavy atom. The monoisotopic (exact) mass is 374 g/mol. The van der Waals surface area contributed by atoms with E-state index in [9.17, 15) is 24.6 Å². The number of aliphatic carboxylic acids is 3. The van der Waals surface area contributed by atoms with Gasteiger partial charge in [0.15, 0.2) is 11.1 Å². The number of carboxylic acid groups (broad SMARTS) is 3. The van der Waals surface area contributed by atoms with Crippen molar-refractivity contribution < 1.29 is 29.7 Å². The van der Waals surface area contributed by atoms with Crippen molar-refractivity contribution >= 4 is 17.9 Å². The molecular formula is C18H34N2O6. The van der Waals surface area contributed by atoms with Crippen molar-refractivity contribution in [2.24, 2.45) is 27.5 Å². The van der Waals surface area contributed by atoms with Crippen molar-refractivity contribution in [3.05, 3.63) is 0 Å². The third-order valence-electron chi connectivity index (χ3n) is 5.04. The molecule has 0 aliphatic carbocycles. The Hall–Kier alpha value is -1.99. The first-order valence-electron chi connectivity index (χ1n) is 8.63. The highest BCUT2D eigenvalue weighted by molar-refractivity contribution is 5.80. The summed E-state index contributed by atoms with van der Waals surface area (Å²) >= 11 is 0. The molecule has 3 N–H and O–H groups in total. The summed E-state index contributed by atoms with van der Waals surface area (Å²) in [5, 5.41) is 34.4. The van der Waals surface area contributed by atoms with Gasteiger partial charge in [0.2, 0.25) is 0 Å². The fourth-order valence-corrected chi connectivity index (χ4v) is 1.17. The van der Waals surface area contributed by atoms with Gasteiger partial charge in [-0.3, -0.25) is 4.79 Å². The first kappa shape index (κ1) is 26.2. The highest BCUT2D eigenvalue weighted by atomic mass is 16.4. The lowest BCUT2D eigenvalue weighted by Crippen LogP contribution is -2.42. The van der Waals surface area contributed by atoms with Crippen LogP contribution in [0.3, 0.4) is 0 Å². The van der Waals surface area contributed by atoms with Crippen LogP contribution in [0.2, 0.25) is 0 Å². The molecule has 0 saturated heterocycles. The van der Waals surface area contributed by atoms with E-state index < -0.39 is 34.4 Å². The number of azo groups is 1. The number of carbonyl (C=O) groups is 3. The van der Waals surface area contributed by atoms with Crippen LogP contribution in [0, 0.1) is 17.3 Å².